The Balaban J connectivity index is 2.01. The number of amides is 1. The Morgan fingerprint density at radius 3 is 2.61 bits per heavy atom. The highest BCUT2D eigenvalue weighted by atomic mass is 32.2. The standard InChI is InChI=1S/C17H26N2O3S/c1-12-7-8-15(10-13(12)2)14(3)18-17(20)16-6-5-9-19(11-16)23(4,21)22/h7-8,10,14,16H,5-6,9,11H2,1-4H3,(H,18,20). The minimum atomic E-state index is -3.23. The van der Waals surface area contributed by atoms with E-state index in [2.05, 4.69) is 31.3 Å². The lowest BCUT2D eigenvalue weighted by molar-refractivity contribution is -0.126. The average molecular weight is 338 g/mol. The summed E-state index contributed by atoms with van der Waals surface area (Å²) in [6.07, 6.45) is 2.66. The van der Waals surface area contributed by atoms with E-state index in [0.717, 1.165) is 18.4 Å². The molecule has 1 saturated heterocycles. The molecule has 1 heterocycles. The van der Waals surface area contributed by atoms with Gasteiger partial charge in [-0.25, -0.2) is 12.7 Å². The first-order valence-electron chi connectivity index (χ1n) is 8.01. The van der Waals surface area contributed by atoms with Crippen LogP contribution in [0.3, 0.4) is 0 Å². The van der Waals surface area contributed by atoms with Crippen molar-refractivity contribution in [3.8, 4) is 0 Å². The van der Waals surface area contributed by atoms with Crippen LogP contribution in [0.2, 0.25) is 0 Å². The van der Waals surface area contributed by atoms with Gasteiger partial charge in [-0.05, 0) is 50.3 Å². The van der Waals surface area contributed by atoms with Crippen molar-refractivity contribution >= 4 is 15.9 Å². The van der Waals surface area contributed by atoms with E-state index in [0.29, 0.717) is 6.54 Å². The third-order valence-electron chi connectivity index (χ3n) is 4.61. The molecule has 1 aromatic rings. The summed E-state index contributed by atoms with van der Waals surface area (Å²) < 4.78 is 24.7. The minimum absolute atomic E-state index is 0.0657. The maximum atomic E-state index is 12.5. The third kappa shape index (κ3) is 4.54. The van der Waals surface area contributed by atoms with Gasteiger partial charge in [0.05, 0.1) is 18.2 Å². The van der Waals surface area contributed by atoms with E-state index in [4.69, 9.17) is 0 Å². The molecule has 1 N–H and O–H groups in total. The summed E-state index contributed by atoms with van der Waals surface area (Å²) in [7, 11) is -3.23. The number of carbonyl (C=O) groups is 1. The van der Waals surface area contributed by atoms with Crippen LogP contribution in [0, 0.1) is 19.8 Å². The summed E-state index contributed by atoms with van der Waals surface area (Å²) in [5, 5.41) is 3.02. The molecule has 1 aliphatic rings. The quantitative estimate of drug-likeness (QED) is 0.915. The fraction of sp³-hybridized carbons (Fsp3) is 0.588. The Bertz CT molecular complexity index is 685. The van der Waals surface area contributed by atoms with E-state index < -0.39 is 10.0 Å². The Morgan fingerprint density at radius 1 is 1.30 bits per heavy atom. The molecule has 1 fully saturated rings. The number of nitrogens with zero attached hydrogens (tertiary/aromatic N) is 1. The number of hydrogen-bond donors (Lipinski definition) is 1. The zero-order chi connectivity index (χ0) is 17.2. The fourth-order valence-corrected chi connectivity index (χ4v) is 3.82. The summed E-state index contributed by atoms with van der Waals surface area (Å²) in [4.78, 5) is 12.5. The van der Waals surface area contributed by atoms with Gasteiger partial charge < -0.3 is 5.32 Å². The van der Waals surface area contributed by atoms with E-state index in [1.807, 2.05) is 13.0 Å². The van der Waals surface area contributed by atoms with Gasteiger partial charge in [-0.15, -0.1) is 0 Å². The van der Waals surface area contributed by atoms with Crippen LogP contribution in [0.1, 0.15) is 42.5 Å². The highest BCUT2D eigenvalue weighted by molar-refractivity contribution is 7.88. The monoisotopic (exact) mass is 338 g/mol. The molecule has 2 rings (SSSR count). The van der Waals surface area contributed by atoms with Gasteiger partial charge in [-0.2, -0.15) is 0 Å². The molecule has 1 aromatic carbocycles. The molecule has 0 saturated carbocycles. The van der Waals surface area contributed by atoms with Crippen molar-refractivity contribution in [3.05, 3.63) is 34.9 Å². The van der Waals surface area contributed by atoms with E-state index in [1.165, 1.54) is 21.7 Å². The van der Waals surface area contributed by atoms with Crippen molar-refractivity contribution in [2.45, 2.75) is 39.7 Å². The molecule has 1 aliphatic heterocycles. The van der Waals surface area contributed by atoms with Gasteiger partial charge in [0.25, 0.3) is 0 Å². The topological polar surface area (TPSA) is 66.5 Å². The molecule has 2 unspecified atom stereocenters. The molecule has 1 amide bonds. The van der Waals surface area contributed by atoms with Gasteiger partial charge in [-0.1, -0.05) is 18.2 Å². The van der Waals surface area contributed by atoms with Gasteiger partial charge in [-0.3, -0.25) is 4.79 Å². The fourth-order valence-electron chi connectivity index (χ4n) is 2.91. The van der Waals surface area contributed by atoms with Gasteiger partial charge in [0.1, 0.15) is 0 Å². The first-order valence-corrected chi connectivity index (χ1v) is 9.86. The molecular weight excluding hydrogens is 312 g/mol. The largest absolute Gasteiger partial charge is 0.349 e. The average Bonchev–Trinajstić information content (AvgIpc) is 2.49. The van der Waals surface area contributed by atoms with Crippen molar-refractivity contribution in [2.75, 3.05) is 19.3 Å². The van der Waals surface area contributed by atoms with Gasteiger partial charge in [0.15, 0.2) is 0 Å². The van der Waals surface area contributed by atoms with Crippen LogP contribution in [0.15, 0.2) is 18.2 Å². The second kappa shape index (κ2) is 7.01. The molecule has 0 spiro atoms. The minimum Gasteiger partial charge on any atom is -0.349 e. The Hall–Kier alpha value is -1.40. The second-order valence-electron chi connectivity index (χ2n) is 6.53. The number of piperidine rings is 1. The SMILES string of the molecule is Cc1ccc(C(C)NC(=O)C2CCCN(S(C)(=O)=O)C2)cc1C. The van der Waals surface area contributed by atoms with E-state index in [9.17, 15) is 13.2 Å². The number of aryl methyl sites for hydroxylation is 2. The predicted octanol–water partition coefficient (Wildman–Crippen LogP) is 2.15. The molecule has 0 aliphatic carbocycles. The number of nitrogens with one attached hydrogen (secondary N) is 1. The lowest BCUT2D eigenvalue weighted by Gasteiger charge is -2.31. The van der Waals surface area contributed by atoms with Crippen molar-refractivity contribution in [3.63, 3.8) is 0 Å². The molecule has 128 valence electrons. The van der Waals surface area contributed by atoms with Crippen molar-refractivity contribution in [1.82, 2.24) is 9.62 Å². The second-order valence-corrected chi connectivity index (χ2v) is 8.52. The van der Waals surface area contributed by atoms with Crippen molar-refractivity contribution in [1.29, 1.82) is 0 Å². The molecule has 5 nitrogen and oxygen atoms in total. The summed E-state index contributed by atoms with van der Waals surface area (Å²) in [6, 6.07) is 6.08. The first-order chi connectivity index (χ1) is 10.7. The van der Waals surface area contributed by atoms with Gasteiger partial charge in [0, 0.05) is 13.1 Å². The molecule has 6 heteroatoms. The number of hydrogen-bond acceptors (Lipinski definition) is 3. The zero-order valence-corrected chi connectivity index (χ0v) is 15.1. The summed E-state index contributed by atoms with van der Waals surface area (Å²) in [5.74, 6) is -0.337. The molecular formula is C17H26N2O3S. The number of sulfonamides is 1. The summed E-state index contributed by atoms with van der Waals surface area (Å²) in [5.41, 5.74) is 3.49. The van der Waals surface area contributed by atoms with Crippen LogP contribution < -0.4 is 5.32 Å². The maximum Gasteiger partial charge on any atom is 0.224 e. The molecule has 2 atom stereocenters. The van der Waals surface area contributed by atoms with Crippen LogP contribution in [0.4, 0.5) is 0 Å². The van der Waals surface area contributed by atoms with Crippen molar-refractivity contribution in [2.24, 2.45) is 5.92 Å². The van der Waals surface area contributed by atoms with Crippen LogP contribution in [-0.4, -0.2) is 38.0 Å². The van der Waals surface area contributed by atoms with Crippen LogP contribution >= 0.6 is 0 Å². The third-order valence-corrected chi connectivity index (χ3v) is 5.88. The highest BCUT2D eigenvalue weighted by Gasteiger charge is 2.30. The van der Waals surface area contributed by atoms with Gasteiger partial charge >= 0.3 is 0 Å². The predicted molar refractivity (Wildman–Crippen MR) is 91.6 cm³/mol. The van der Waals surface area contributed by atoms with Crippen LogP contribution in [0.5, 0.6) is 0 Å². The molecule has 23 heavy (non-hydrogen) atoms. The summed E-state index contributed by atoms with van der Waals surface area (Å²) >= 11 is 0. The van der Waals surface area contributed by atoms with E-state index in [1.54, 1.807) is 0 Å². The van der Waals surface area contributed by atoms with Crippen molar-refractivity contribution < 1.29 is 13.2 Å². The molecule has 0 aromatic heterocycles. The Morgan fingerprint density at radius 2 is 2.00 bits per heavy atom. The smallest absolute Gasteiger partial charge is 0.224 e. The first kappa shape index (κ1) is 17.9. The number of carbonyl (C=O) groups excluding carboxylic acids is 1. The van der Waals surface area contributed by atoms with E-state index >= 15 is 0 Å². The van der Waals surface area contributed by atoms with E-state index in [-0.39, 0.29) is 24.4 Å². The van der Waals surface area contributed by atoms with Gasteiger partial charge in [0.2, 0.25) is 15.9 Å². The molecule has 0 radical (unpaired) electrons. The number of rotatable bonds is 4. The highest BCUT2D eigenvalue weighted by Crippen LogP contribution is 2.21. The lowest BCUT2D eigenvalue weighted by Crippen LogP contribution is -2.45. The van der Waals surface area contributed by atoms with Crippen LogP contribution in [-0.2, 0) is 14.8 Å². The Labute approximate surface area is 139 Å². The maximum absolute atomic E-state index is 12.5. The zero-order valence-electron chi connectivity index (χ0n) is 14.3. The normalized spacial score (nSPS) is 21.0. The lowest BCUT2D eigenvalue weighted by atomic mass is 9.97. The van der Waals surface area contributed by atoms with Crippen LogP contribution in [0.25, 0.3) is 0 Å². The molecule has 0 bridgehead atoms. The summed E-state index contributed by atoms with van der Waals surface area (Å²) in [6.45, 7) is 6.86. The number of benzene rings is 1. The Kier molecular flexibility index (Phi) is 5.47.